The van der Waals surface area contributed by atoms with Crippen LogP contribution in [0.15, 0.2) is 0 Å². The molecule has 3 atom stereocenters. The first-order valence-corrected chi connectivity index (χ1v) is 7.96. The molecule has 0 saturated carbocycles. The minimum Gasteiger partial charge on any atom is -0.381 e. The Bertz CT molecular complexity index is 288. The number of morpholine rings is 1. The molecule has 2 aliphatic rings. The third kappa shape index (κ3) is 4.15. The van der Waals surface area contributed by atoms with Crippen LogP contribution in [-0.2, 0) is 9.47 Å². The number of methoxy groups -OCH3 is 1. The average Bonchev–Trinajstić information content (AvgIpc) is 2.48. The van der Waals surface area contributed by atoms with Crippen molar-refractivity contribution in [3.63, 3.8) is 0 Å². The Morgan fingerprint density at radius 2 is 2.15 bits per heavy atom. The molecule has 2 heterocycles. The van der Waals surface area contributed by atoms with Gasteiger partial charge in [0.1, 0.15) is 0 Å². The topological polar surface area (TPSA) is 51.0 Å². The van der Waals surface area contributed by atoms with E-state index in [-0.39, 0.29) is 0 Å². The van der Waals surface area contributed by atoms with Gasteiger partial charge in [-0.25, -0.2) is 0 Å². The monoisotopic (exact) mass is 285 g/mol. The van der Waals surface area contributed by atoms with Crippen LogP contribution in [-0.4, -0.2) is 80.5 Å². The van der Waals surface area contributed by atoms with Crippen LogP contribution in [0.4, 0.5) is 0 Å². The summed E-state index contributed by atoms with van der Waals surface area (Å²) in [7, 11) is 1.80. The summed E-state index contributed by atoms with van der Waals surface area (Å²) in [6.07, 6.45) is 2.85. The van der Waals surface area contributed by atoms with Crippen LogP contribution in [0.1, 0.15) is 26.7 Å². The third-order valence-electron chi connectivity index (χ3n) is 4.73. The second-order valence-electron chi connectivity index (χ2n) is 6.35. The summed E-state index contributed by atoms with van der Waals surface area (Å²) in [6, 6.07) is 1.04. The lowest BCUT2D eigenvalue weighted by molar-refractivity contribution is -0.0684. The van der Waals surface area contributed by atoms with Crippen molar-refractivity contribution < 1.29 is 9.47 Å². The van der Waals surface area contributed by atoms with E-state index in [9.17, 15) is 0 Å². The zero-order chi connectivity index (χ0) is 14.5. The van der Waals surface area contributed by atoms with Gasteiger partial charge in [-0.1, -0.05) is 0 Å². The van der Waals surface area contributed by atoms with E-state index in [4.69, 9.17) is 15.2 Å². The van der Waals surface area contributed by atoms with E-state index < -0.39 is 0 Å². The maximum atomic E-state index is 5.95. The molecule has 2 aliphatic heterocycles. The molecule has 0 aromatic carbocycles. The van der Waals surface area contributed by atoms with E-state index in [1.54, 1.807) is 7.11 Å². The molecule has 0 amide bonds. The van der Waals surface area contributed by atoms with Gasteiger partial charge in [0.15, 0.2) is 0 Å². The lowest BCUT2D eigenvalue weighted by atomic mass is 9.98. The van der Waals surface area contributed by atoms with Gasteiger partial charge in [0.2, 0.25) is 0 Å². The fourth-order valence-electron chi connectivity index (χ4n) is 3.35. The summed E-state index contributed by atoms with van der Waals surface area (Å²) in [4.78, 5) is 5.01. The molecular formula is C15H31N3O2. The molecule has 5 heteroatoms. The molecule has 3 unspecified atom stereocenters. The zero-order valence-corrected chi connectivity index (χ0v) is 13.3. The maximum absolute atomic E-state index is 5.95. The van der Waals surface area contributed by atoms with Crippen molar-refractivity contribution >= 4 is 0 Å². The zero-order valence-electron chi connectivity index (χ0n) is 13.3. The summed E-state index contributed by atoms with van der Waals surface area (Å²) in [5, 5.41) is 0. The van der Waals surface area contributed by atoms with Crippen LogP contribution in [0.5, 0.6) is 0 Å². The molecular weight excluding hydrogens is 254 g/mol. The largest absolute Gasteiger partial charge is 0.381 e. The second kappa shape index (κ2) is 7.71. The van der Waals surface area contributed by atoms with E-state index in [1.807, 2.05) is 0 Å². The molecule has 0 aromatic rings. The predicted octanol–water partition coefficient (Wildman–Crippen LogP) is 0.534. The fourth-order valence-corrected chi connectivity index (χ4v) is 3.35. The Morgan fingerprint density at radius 1 is 1.35 bits per heavy atom. The number of hydrogen-bond acceptors (Lipinski definition) is 5. The van der Waals surface area contributed by atoms with Crippen LogP contribution >= 0.6 is 0 Å². The van der Waals surface area contributed by atoms with Crippen LogP contribution in [0, 0.1) is 0 Å². The van der Waals surface area contributed by atoms with Gasteiger partial charge in [-0.2, -0.15) is 0 Å². The normalized spacial score (nSPS) is 33.8. The molecule has 0 aliphatic carbocycles. The number of hydrogen-bond donors (Lipinski definition) is 1. The highest BCUT2D eigenvalue weighted by molar-refractivity contribution is 4.86. The minimum absolute atomic E-state index is 0.319. The Balaban J connectivity index is 1.85. The molecule has 0 bridgehead atoms. The standard InChI is InChI=1S/C15H31N3O2/c1-12(2)17-6-7-20-15(10-17)11-18-5-4-14(19-3)8-13(18)9-16/h12-15H,4-11,16H2,1-3H3. The van der Waals surface area contributed by atoms with Gasteiger partial charge in [0.05, 0.1) is 18.8 Å². The van der Waals surface area contributed by atoms with E-state index in [0.717, 1.165) is 45.6 Å². The maximum Gasteiger partial charge on any atom is 0.0829 e. The molecule has 20 heavy (non-hydrogen) atoms. The Kier molecular flexibility index (Phi) is 6.23. The number of piperidine rings is 1. The summed E-state index contributed by atoms with van der Waals surface area (Å²) in [6.45, 7) is 10.2. The first-order valence-electron chi connectivity index (χ1n) is 7.96. The number of nitrogens with two attached hydrogens (primary N) is 1. The Labute approximate surface area is 123 Å². The van der Waals surface area contributed by atoms with Gasteiger partial charge in [0, 0.05) is 51.9 Å². The molecule has 2 rings (SSSR count). The Hall–Kier alpha value is -0.200. The second-order valence-corrected chi connectivity index (χ2v) is 6.35. The molecule has 2 fully saturated rings. The molecule has 118 valence electrons. The molecule has 0 aromatic heterocycles. The number of likely N-dealkylation sites (tertiary alicyclic amines) is 1. The van der Waals surface area contributed by atoms with Crippen molar-refractivity contribution in [2.24, 2.45) is 5.73 Å². The summed E-state index contributed by atoms with van der Waals surface area (Å²) < 4.78 is 11.4. The fraction of sp³-hybridized carbons (Fsp3) is 1.00. The van der Waals surface area contributed by atoms with Crippen LogP contribution in [0.2, 0.25) is 0 Å². The lowest BCUT2D eigenvalue weighted by Crippen LogP contribution is -2.55. The van der Waals surface area contributed by atoms with Crippen LogP contribution in [0.25, 0.3) is 0 Å². The molecule has 0 radical (unpaired) electrons. The average molecular weight is 285 g/mol. The van der Waals surface area contributed by atoms with Crippen molar-refractivity contribution in [2.75, 3.05) is 46.4 Å². The van der Waals surface area contributed by atoms with Crippen molar-refractivity contribution in [2.45, 2.75) is 51.0 Å². The van der Waals surface area contributed by atoms with Gasteiger partial charge in [-0.3, -0.25) is 9.80 Å². The lowest BCUT2D eigenvalue weighted by Gasteiger charge is -2.42. The predicted molar refractivity (Wildman–Crippen MR) is 80.9 cm³/mol. The van der Waals surface area contributed by atoms with E-state index in [1.165, 1.54) is 0 Å². The van der Waals surface area contributed by atoms with Crippen molar-refractivity contribution in [1.29, 1.82) is 0 Å². The van der Waals surface area contributed by atoms with Crippen molar-refractivity contribution in [3.8, 4) is 0 Å². The smallest absolute Gasteiger partial charge is 0.0829 e. The van der Waals surface area contributed by atoms with Crippen molar-refractivity contribution in [3.05, 3.63) is 0 Å². The van der Waals surface area contributed by atoms with Gasteiger partial charge in [-0.15, -0.1) is 0 Å². The van der Waals surface area contributed by atoms with Crippen LogP contribution in [0.3, 0.4) is 0 Å². The quantitative estimate of drug-likeness (QED) is 0.799. The SMILES string of the molecule is COC1CCN(CC2CN(C(C)C)CCO2)C(CN)C1. The van der Waals surface area contributed by atoms with Gasteiger partial charge in [-0.05, 0) is 26.7 Å². The third-order valence-corrected chi connectivity index (χ3v) is 4.73. The molecule has 2 saturated heterocycles. The Morgan fingerprint density at radius 3 is 2.80 bits per heavy atom. The first kappa shape index (κ1) is 16.2. The molecule has 5 nitrogen and oxygen atoms in total. The molecule has 2 N–H and O–H groups in total. The number of rotatable bonds is 5. The minimum atomic E-state index is 0.319. The van der Waals surface area contributed by atoms with Gasteiger partial charge in [0.25, 0.3) is 0 Å². The highest BCUT2D eigenvalue weighted by atomic mass is 16.5. The van der Waals surface area contributed by atoms with Crippen LogP contribution < -0.4 is 5.73 Å². The van der Waals surface area contributed by atoms with E-state index in [0.29, 0.717) is 30.8 Å². The van der Waals surface area contributed by atoms with E-state index in [2.05, 4.69) is 23.6 Å². The summed E-state index contributed by atoms with van der Waals surface area (Å²) in [5.74, 6) is 0. The first-order chi connectivity index (χ1) is 9.63. The summed E-state index contributed by atoms with van der Waals surface area (Å²) in [5.41, 5.74) is 5.94. The highest BCUT2D eigenvalue weighted by Crippen LogP contribution is 2.20. The summed E-state index contributed by atoms with van der Waals surface area (Å²) >= 11 is 0. The molecule has 0 spiro atoms. The van der Waals surface area contributed by atoms with E-state index >= 15 is 0 Å². The number of ether oxygens (including phenoxy) is 2. The highest BCUT2D eigenvalue weighted by Gasteiger charge is 2.31. The van der Waals surface area contributed by atoms with Crippen molar-refractivity contribution in [1.82, 2.24) is 9.80 Å². The van der Waals surface area contributed by atoms with Gasteiger partial charge >= 0.3 is 0 Å². The van der Waals surface area contributed by atoms with Gasteiger partial charge < -0.3 is 15.2 Å². The number of nitrogens with zero attached hydrogens (tertiary/aromatic N) is 2.